The summed E-state index contributed by atoms with van der Waals surface area (Å²) < 4.78 is 0. The molecule has 0 aliphatic rings. The van der Waals surface area contributed by atoms with Gasteiger partial charge >= 0.3 is 0 Å². The molecule has 0 saturated carbocycles. The van der Waals surface area contributed by atoms with Crippen LogP contribution >= 0.6 is 23.2 Å². The number of H-pyrrole nitrogens is 1. The number of pyridine rings is 1. The first kappa shape index (κ1) is 12.5. The molecular formula is C13H13Cl2NO. The Bertz CT molecular complexity index is 638. The van der Waals surface area contributed by atoms with Gasteiger partial charge in [-0.15, -0.1) is 0 Å². The van der Waals surface area contributed by atoms with Gasteiger partial charge in [-0.25, -0.2) is 0 Å². The standard InChI is InChI=1S/C13H13Cl2NO/c1-13(2,3)10-6-9(17)7-4-5-8(14)11(15)12(7)16-10/h4-6H,1-3H3,(H,16,17). The average molecular weight is 270 g/mol. The molecule has 1 N–H and O–H groups in total. The predicted octanol–water partition coefficient (Wildman–Crippen LogP) is 4.13. The van der Waals surface area contributed by atoms with Crippen LogP contribution in [0.5, 0.6) is 0 Å². The molecule has 0 aliphatic heterocycles. The third-order valence-corrected chi connectivity index (χ3v) is 3.51. The number of aromatic nitrogens is 1. The van der Waals surface area contributed by atoms with Crippen LogP contribution in [0.25, 0.3) is 10.9 Å². The van der Waals surface area contributed by atoms with Gasteiger partial charge in [0.25, 0.3) is 0 Å². The largest absolute Gasteiger partial charge is 0.356 e. The second-order valence-corrected chi connectivity index (χ2v) is 5.87. The van der Waals surface area contributed by atoms with Crippen molar-refractivity contribution in [3.8, 4) is 0 Å². The summed E-state index contributed by atoms with van der Waals surface area (Å²) in [6.45, 7) is 6.09. The van der Waals surface area contributed by atoms with Gasteiger partial charge in [-0.05, 0) is 12.1 Å². The van der Waals surface area contributed by atoms with E-state index in [9.17, 15) is 4.79 Å². The fourth-order valence-corrected chi connectivity index (χ4v) is 2.03. The quantitative estimate of drug-likeness (QED) is 0.767. The van der Waals surface area contributed by atoms with Gasteiger partial charge in [0.1, 0.15) is 0 Å². The summed E-state index contributed by atoms with van der Waals surface area (Å²) in [5.41, 5.74) is 1.27. The maximum Gasteiger partial charge on any atom is 0.189 e. The van der Waals surface area contributed by atoms with E-state index in [0.29, 0.717) is 20.9 Å². The first-order valence-corrected chi connectivity index (χ1v) is 6.08. The molecule has 1 aromatic heterocycles. The van der Waals surface area contributed by atoms with E-state index in [-0.39, 0.29) is 10.8 Å². The first-order chi connectivity index (χ1) is 7.80. The molecule has 0 aliphatic carbocycles. The zero-order valence-corrected chi connectivity index (χ0v) is 11.4. The molecule has 1 heterocycles. The minimum absolute atomic E-state index is 0.0396. The van der Waals surface area contributed by atoms with E-state index in [1.165, 1.54) is 0 Å². The third kappa shape index (κ3) is 2.20. The smallest absolute Gasteiger partial charge is 0.189 e. The summed E-state index contributed by atoms with van der Waals surface area (Å²) in [7, 11) is 0. The molecule has 0 unspecified atom stereocenters. The second-order valence-electron chi connectivity index (χ2n) is 5.08. The van der Waals surface area contributed by atoms with Crippen LogP contribution in [0.15, 0.2) is 23.0 Å². The SMILES string of the molecule is CC(C)(C)c1cc(=O)c2ccc(Cl)c(Cl)c2[nH]1. The van der Waals surface area contributed by atoms with Crippen molar-refractivity contribution in [1.29, 1.82) is 0 Å². The minimum atomic E-state index is -0.140. The van der Waals surface area contributed by atoms with Crippen molar-refractivity contribution < 1.29 is 0 Å². The number of hydrogen-bond donors (Lipinski definition) is 1. The third-order valence-electron chi connectivity index (χ3n) is 2.70. The molecule has 0 fully saturated rings. The Labute approximate surface area is 110 Å². The van der Waals surface area contributed by atoms with E-state index in [1.54, 1.807) is 18.2 Å². The van der Waals surface area contributed by atoms with Crippen LogP contribution in [0.4, 0.5) is 0 Å². The fraction of sp³-hybridized carbons (Fsp3) is 0.308. The summed E-state index contributed by atoms with van der Waals surface area (Å²) in [6.07, 6.45) is 0. The van der Waals surface area contributed by atoms with E-state index in [2.05, 4.69) is 4.98 Å². The molecule has 0 amide bonds. The van der Waals surface area contributed by atoms with Crippen molar-refractivity contribution in [2.24, 2.45) is 0 Å². The van der Waals surface area contributed by atoms with Crippen LogP contribution in [0.3, 0.4) is 0 Å². The highest BCUT2D eigenvalue weighted by atomic mass is 35.5. The number of rotatable bonds is 0. The molecule has 0 saturated heterocycles. The second kappa shape index (κ2) is 4.04. The lowest BCUT2D eigenvalue weighted by atomic mass is 9.91. The Morgan fingerprint density at radius 1 is 1.18 bits per heavy atom. The van der Waals surface area contributed by atoms with Gasteiger partial charge in [0, 0.05) is 22.6 Å². The monoisotopic (exact) mass is 269 g/mol. The highest BCUT2D eigenvalue weighted by molar-refractivity contribution is 6.44. The van der Waals surface area contributed by atoms with Crippen molar-refractivity contribution in [2.45, 2.75) is 26.2 Å². The minimum Gasteiger partial charge on any atom is -0.356 e. The molecule has 17 heavy (non-hydrogen) atoms. The van der Waals surface area contributed by atoms with Crippen LogP contribution in [0.1, 0.15) is 26.5 Å². The lowest BCUT2D eigenvalue weighted by molar-refractivity contribution is 0.571. The normalized spacial score (nSPS) is 12.1. The number of fused-ring (bicyclic) bond motifs is 1. The molecular weight excluding hydrogens is 257 g/mol. The predicted molar refractivity (Wildman–Crippen MR) is 73.3 cm³/mol. The Morgan fingerprint density at radius 2 is 1.82 bits per heavy atom. The number of halogens is 2. The zero-order valence-electron chi connectivity index (χ0n) is 9.90. The van der Waals surface area contributed by atoms with Crippen LogP contribution < -0.4 is 5.43 Å². The van der Waals surface area contributed by atoms with Gasteiger partial charge in [-0.3, -0.25) is 4.79 Å². The molecule has 2 nitrogen and oxygen atoms in total. The van der Waals surface area contributed by atoms with Crippen molar-refractivity contribution >= 4 is 34.1 Å². The molecule has 1 aromatic carbocycles. The van der Waals surface area contributed by atoms with E-state index in [4.69, 9.17) is 23.2 Å². The van der Waals surface area contributed by atoms with Gasteiger partial charge in [0.05, 0.1) is 15.6 Å². The van der Waals surface area contributed by atoms with Crippen molar-refractivity contribution in [2.75, 3.05) is 0 Å². The van der Waals surface area contributed by atoms with E-state index < -0.39 is 0 Å². The van der Waals surface area contributed by atoms with Crippen molar-refractivity contribution in [3.05, 3.63) is 44.2 Å². The molecule has 2 aromatic rings. The molecule has 0 radical (unpaired) electrons. The van der Waals surface area contributed by atoms with Gasteiger partial charge < -0.3 is 4.98 Å². The molecule has 0 spiro atoms. The van der Waals surface area contributed by atoms with Crippen molar-refractivity contribution in [3.63, 3.8) is 0 Å². The summed E-state index contributed by atoms with van der Waals surface area (Å²) >= 11 is 12.1. The topological polar surface area (TPSA) is 32.9 Å². The van der Waals surface area contributed by atoms with Gasteiger partial charge in [-0.2, -0.15) is 0 Å². The average Bonchev–Trinajstić information content (AvgIpc) is 2.22. The molecule has 4 heteroatoms. The first-order valence-electron chi connectivity index (χ1n) is 5.32. The Hall–Kier alpha value is -0.990. The van der Waals surface area contributed by atoms with E-state index in [1.807, 2.05) is 20.8 Å². The van der Waals surface area contributed by atoms with Crippen LogP contribution in [0, 0.1) is 0 Å². The molecule has 0 atom stereocenters. The molecule has 90 valence electrons. The number of benzene rings is 1. The lowest BCUT2D eigenvalue weighted by Gasteiger charge is -2.19. The summed E-state index contributed by atoms with van der Waals surface area (Å²) in [5.74, 6) is 0. The lowest BCUT2D eigenvalue weighted by Crippen LogP contribution is -2.17. The summed E-state index contributed by atoms with van der Waals surface area (Å²) in [5, 5.41) is 1.40. The number of aromatic amines is 1. The molecule has 2 rings (SSSR count). The van der Waals surface area contributed by atoms with Gasteiger partial charge in [-0.1, -0.05) is 44.0 Å². The zero-order chi connectivity index (χ0) is 12.8. The van der Waals surface area contributed by atoms with Crippen LogP contribution in [-0.4, -0.2) is 4.98 Å². The van der Waals surface area contributed by atoms with Crippen LogP contribution in [-0.2, 0) is 5.41 Å². The fourth-order valence-electron chi connectivity index (χ4n) is 1.66. The van der Waals surface area contributed by atoms with Crippen LogP contribution in [0.2, 0.25) is 10.0 Å². The maximum absolute atomic E-state index is 12.0. The van der Waals surface area contributed by atoms with Gasteiger partial charge in [0.15, 0.2) is 5.43 Å². The Kier molecular flexibility index (Phi) is 2.96. The number of hydrogen-bond acceptors (Lipinski definition) is 1. The van der Waals surface area contributed by atoms with E-state index >= 15 is 0 Å². The number of nitrogens with one attached hydrogen (secondary N) is 1. The molecule has 0 bridgehead atoms. The highest BCUT2D eigenvalue weighted by Gasteiger charge is 2.17. The maximum atomic E-state index is 12.0. The van der Waals surface area contributed by atoms with Gasteiger partial charge in [0.2, 0.25) is 0 Å². The Balaban J connectivity index is 2.89. The summed E-state index contributed by atoms with van der Waals surface area (Å²) in [6, 6.07) is 4.94. The van der Waals surface area contributed by atoms with Crippen molar-refractivity contribution in [1.82, 2.24) is 4.98 Å². The summed E-state index contributed by atoms with van der Waals surface area (Å²) in [4.78, 5) is 15.2. The van der Waals surface area contributed by atoms with E-state index in [0.717, 1.165) is 5.69 Å². The highest BCUT2D eigenvalue weighted by Crippen LogP contribution is 2.29. The Morgan fingerprint density at radius 3 is 2.41 bits per heavy atom.